The van der Waals surface area contributed by atoms with Gasteiger partial charge in [-0.1, -0.05) is 47.5 Å². The number of allylic oxidation sites excluding steroid dienone is 1. The van der Waals surface area contributed by atoms with Crippen molar-refractivity contribution in [1.82, 2.24) is 0 Å². The fourth-order valence-electron chi connectivity index (χ4n) is 1.35. The summed E-state index contributed by atoms with van der Waals surface area (Å²) in [6, 6.07) is 7.56. The largest absolute Gasteiger partial charge is 0.323 e. The average Bonchev–Trinajstić information content (AvgIpc) is 2.41. The lowest BCUT2D eigenvalue weighted by Gasteiger charge is -1.97. The second-order valence-corrected chi connectivity index (χ2v) is 3.41. The topological polar surface area (TPSA) is 38.4 Å². The Hall–Kier alpha value is -0.990. The summed E-state index contributed by atoms with van der Waals surface area (Å²) < 4.78 is 0. The second-order valence-electron chi connectivity index (χ2n) is 2.65. The minimum Gasteiger partial charge on any atom is -0.323 e. The van der Waals surface area contributed by atoms with E-state index in [2.05, 4.69) is 5.10 Å². The Balaban J connectivity index is 2.73. The fraction of sp³-hybridized carbons (Fsp3) is 0. The van der Waals surface area contributed by atoms with Gasteiger partial charge in [-0.3, -0.25) is 0 Å². The van der Waals surface area contributed by atoms with Crippen LogP contribution in [0.2, 0.25) is 0 Å². The van der Waals surface area contributed by atoms with Gasteiger partial charge in [0.15, 0.2) is 0 Å². The van der Waals surface area contributed by atoms with Gasteiger partial charge < -0.3 is 5.84 Å². The molecule has 0 saturated heterocycles. The summed E-state index contributed by atoms with van der Waals surface area (Å²) in [5, 5.41) is 4.54. The lowest BCUT2D eigenvalue weighted by Crippen LogP contribution is -2.00. The third-order valence-corrected chi connectivity index (χ3v) is 2.81. The normalized spacial score (nSPS) is 18.2. The van der Waals surface area contributed by atoms with Crippen LogP contribution in [-0.2, 0) is 0 Å². The van der Waals surface area contributed by atoms with E-state index < -0.39 is 0 Å². The smallest absolute Gasteiger partial charge is 0.111 e. The monoisotopic (exact) mass is 212 g/mol. The van der Waals surface area contributed by atoms with E-state index in [0.717, 1.165) is 11.1 Å². The Morgan fingerprint density at radius 2 is 1.62 bits per heavy atom. The van der Waals surface area contributed by atoms with Gasteiger partial charge in [-0.2, -0.15) is 5.10 Å². The number of hydrogen-bond acceptors (Lipinski definition) is 2. The molecular weight excluding hydrogens is 207 g/mol. The summed E-state index contributed by atoms with van der Waals surface area (Å²) in [6.07, 6.45) is 0. The van der Waals surface area contributed by atoms with Crippen molar-refractivity contribution in [2.75, 3.05) is 0 Å². The lowest BCUT2D eigenvalue weighted by molar-refractivity contribution is 1.25. The van der Waals surface area contributed by atoms with Gasteiger partial charge in [-0.25, -0.2) is 0 Å². The van der Waals surface area contributed by atoms with E-state index >= 15 is 0 Å². The van der Waals surface area contributed by atoms with E-state index in [0.29, 0.717) is 15.8 Å². The molecule has 4 heteroatoms. The van der Waals surface area contributed by atoms with Crippen molar-refractivity contribution in [2.45, 2.75) is 0 Å². The Morgan fingerprint density at radius 3 is 2.23 bits per heavy atom. The molecule has 1 aliphatic rings. The van der Waals surface area contributed by atoms with Crippen LogP contribution in [0.3, 0.4) is 0 Å². The summed E-state index contributed by atoms with van der Waals surface area (Å²) in [7, 11) is 0. The molecule has 0 aliphatic heterocycles. The van der Waals surface area contributed by atoms with Crippen LogP contribution in [0.1, 0.15) is 11.1 Å². The van der Waals surface area contributed by atoms with Gasteiger partial charge in [0.1, 0.15) is 5.71 Å². The fourth-order valence-corrected chi connectivity index (χ4v) is 1.85. The number of halogens is 2. The minimum atomic E-state index is 0.422. The molecule has 2 rings (SSSR count). The molecule has 0 amide bonds. The molecule has 13 heavy (non-hydrogen) atoms. The molecule has 2 N–H and O–H groups in total. The first-order chi connectivity index (χ1) is 6.25. The lowest BCUT2D eigenvalue weighted by atomic mass is 10.1. The highest BCUT2D eigenvalue weighted by atomic mass is 35.5. The second kappa shape index (κ2) is 3.05. The molecule has 1 aliphatic carbocycles. The Morgan fingerprint density at radius 1 is 1.00 bits per heavy atom. The highest BCUT2D eigenvalue weighted by Crippen LogP contribution is 2.37. The Kier molecular flexibility index (Phi) is 2.02. The maximum absolute atomic E-state index is 5.98. The molecular formula is C9H6Cl2N2. The minimum absolute atomic E-state index is 0.422. The van der Waals surface area contributed by atoms with E-state index in [1.54, 1.807) is 0 Å². The van der Waals surface area contributed by atoms with Crippen LogP contribution in [0.15, 0.2) is 34.4 Å². The number of fused-ring (bicyclic) bond motifs is 1. The summed E-state index contributed by atoms with van der Waals surface area (Å²) in [5.74, 6) is 5.21. The van der Waals surface area contributed by atoms with Crippen molar-refractivity contribution in [2.24, 2.45) is 10.9 Å². The van der Waals surface area contributed by atoms with Crippen LogP contribution in [0.5, 0.6) is 0 Å². The highest BCUT2D eigenvalue weighted by Gasteiger charge is 2.24. The zero-order valence-electron chi connectivity index (χ0n) is 6.59. The van der Waals surface area contributed by atoms with Gasteiger partial charge >= 0.3 is 0 Å². The number of benzene rings is 1. The van der Waals surface area contributed by atoms with Crippen molar-refractivity contribution in [3.05, 3.63) is 40.4 Å². The van der Waals surface area contributed by atoms with E-state index in [4.69, 9.17) is 29.0 Å². The quantitative estimate of drug-likeness (QED) is 0.521. The maximum atomic E-state index is 5.98. The molecule has 66 valence electrons. The van der Waals surface area contributed by atoms with Gasteiger partial charge in [-0.15, -0.1) is 0 Å². The molecule has 0 radical (unpaired) electrons. The number of hydrazone groups is 1. The van der Waals surface area contributed by atoms with Gasteiger partial charge in [-0.05, 0) is 0 Å². The zero-order chi connectivity index (χ0) is 9.42. The van der Waals surface area contributed by atoms with Crippen LogP contribution in [-0.4, -0.2) is 5.71 Å². The van der Waals surface area contributed by atoms with Gasteiger partial charge in [0.25, 0.3) is 0 Å². The number of hydrogen-bond donors (Lipinski definition) is 1. The third kappa shape index (κ3) is 1.14. The maximum Gasteiger partial charge on any atom is 0.111 e. The summed E-state index contributed by atoms with van der Waals surface area (Å²) in [5.41, 5.74) is 2.33. The highest BCUT2D eigenvalue weighted by molar-refractivity contribution is 6.64. The summed E-state index contributed by atoms with van der Waals surface area (Å²) in [6.45, 7) is 0. The SMILES string of the molecule is N/N=C1/C(Cl)=C(Cl)c2ccccc21. The number of rotatable bonds is 0. The molecule has 1 aromatic carbocycles. The first-order valence-electron chi connectivity index (χ1n) is 3.69. The first-order valence-corrected chi connectivity index (χ1v) is 4.44. The van der Waals surface area contributed by atoms with E-state index in [1.165, 1.54) is 0 Å². The molecule has 0 unspecified atom stereocenters. The van der Waals surface area contributed by atoms with Crippen LogP contribution in [0.25, 0.3) is 5.03 Å². The van der Waals surface area contributed by atoms with Crippen molar-refractivity contribution >= 4 is 33.9 Å². The summed E-state index contributed by atoms with van der Waals surface area (Å²) >= 11 is 11.9. The Bertz CT molecular complexity index is 421. The Labute approximate surface area is 85.6 Å². The van der Waals surface area contributed by atoms with Crippen molar-refractivity contribution < 1.29 is 0 Å². The van der Waals surface area contributed by atoms with Crippen molar-refractivity contribution in [3.63, 3.8) is 0 Å². The predicted molar refractivity (Wildman–Crippen MR) is 55.8 cm³/mol. The van der Waals surface area contributed by atoms with Crippen molar-refractivity contribution in [3.8, 4) is 0 Å². The number of nitrogens with two attached hydrogens (primary N) is 1. The van der Waals surface area contributed by atoms with Crippen LogP contribution < -0.4 is 5.84 Å². The molecule has 0 saturated carbocycles. The summed E-state index contributed by atoms with van der Waals surface area (Å²) in [4.78, 5) is 0. The molecule has 0 atom stereocenters. The molecule has 0 bridgehead atoms. The van der Waals surface area contributed by atoms with Crippen LogP contribution in [0, 0.1) is 0 Å². The van der Waals surface area contributed by atoms with Crippen LogP contribution in [0.4, 0.5) is 0 Å². The molecule has 1 aromatic rings. The molecule has 0 aromatic heterocycles. The van der Waals surface area contributed by atoms with Crippen molar-refractivity contribution in [1.29, 1.82) is 0 Å². The predicted octanol–water partition coefficient (Wildman–Crippen LogP) is 2.51. The standard InChI is InChI=1S/C9H6Cl2N2/c10-7-5-3-1-2-4-6(5)9(13-12)8(7)11/h1-4H,12H2/b13-9+. The van der Waals surface area contributed by atoms with Crippen LogP contribution >= 0.6 is 23.2 Å². The molecule has 2 nitrogen and oxygen atoms in total. The van der Waals surface area contributed by atoms with Gasteiger partial charge in [0.05, 0.1) is 10.1 Å². The van der Waals surface area contributed by atoms with Gasteiger partial charge in [0.2, 0.25) is 0 Å². The van der Waals surface area contributed by atoms with E-state index in [1.807, 2.05) is 24.3 Å². The molecule has 0 heterocycles. The molecule has 0 spiro atoms. The average molecular weight is 213 g/mol. The molecule has 0 fully saturated rings. The van der Waals surface area contributed by atoms with E-state index in [9.17, 15) is 0 Å². The van der Waals surface area contributed by atoms with E-state index in [-0.39, 0.29) is 0 Å². The third-order valence-electron chi connectivity index (χ3n) is 1.95. The number of nitrogens with zero attached hydrogens (tertiary/aromatic N) is 1. The zero-order valence-corrected chi connectivity index (χ0v) is 8.10. The first kappa shape index (κ1) is 8.60. The van der Waals surface area contributed by atoms with Gasteiger partial charge in [0, 0.05) is 11.1 Å².